The smallest absolute Gasteiger partial charge is 1.00 e. The first-order valence-electron chi connectivity index (χ1n) is 11.2. The Hall–Kier alpha value is -0.197. The molecule has 9 heteroatoms. The standard InChI is InChI=1S/2C13H21NOS.2ClH.Zr/c2*1-9-7-10(14(5)6)12(15)11(8-9)16-13(2,3)4;;;/h2*7-8,15H,1-6H3;2*1H;/q;;;;+4/p-4. The molecule has 0 aliphatic heterocycles. The number of hydrogen-bond donors (Lipinski definition) is 0. The van der Waals surface area contributed by atoms with Gasteiger partial charge < -0.3 is 24.8 Å². The molecule has 0 saturated carbocycles. The monoisotopic (exact) mass is 636 g/mol. The molecule has 0 atom stereocenters. The van der Waals surface area contributed by atoms with Crippen LogP contribution in [0, 0.1) is 13.8 Å². The molecule has 0 spiro atoms. The van der Waals surface area contributed by atoms with E-state index in [1.54, 1.807) is 0 Å². The van der Waals surface area contributed by atoms with Gasteiger partial charge in [0.15, 0.2) is 0 Å². The number of aryl methyl sites for hydroxylation is 2. The fourth-order valence-electron chi connectivity index (χ4n) is 3.23. The molecule has 35 heavy (non-hydrogen) atoms. The van der Waals surface area contributed by atoms with Crippen LogP contribution < -0.4 is 40.2 Å². The van der Waals surface area contributed by atoms with Crippen molar-refractivity contribution in [2.24, 2.45) is 0 Å². The van der Waals surface area contributed by atoms with Crippen LogP contribution in [0.5, 0.6) is 11.5 Å². The van der Waals surface area contributed by atoms with Crippen molar-refractivity contribution in [2.75, 3.05) is 38.0 Å². The van der Waals surface area contributed by atoms with Gasteiger partial charge in [0, 0.05) is 0 Å². The molecule has 0 radical (unpaired) electrons. The summed E-state index contributed by atoms with van der Waals surface area (Å²) in [5, 5.41) is 0. The molecule has 0 aliphatic rings. The molecule has 0 saturated heterocycles. The van der Waals surface area contributed by atoms with Crippen LogP contribution in [0.25, 0.3) is 0 Å². The summed E-state index contributed by atoms with van der Waals surface area (Å²) in [6.07, 6.45) is 0. The summed E-state index contributed by atoms with van der Waals surface area (Å²) in [6, 6.07) is 8.85. The third-order valence-corrected chi connectivity index (χ3v) is 8.13. The largest absolute Gasteiger partial charge is 1.00 e. The summed E-state index contributed by atoms with van der Waals surface area (Å²) in [7, 11) is 8.28. The van der Waals surface area contributed by atoms with Crippen LogP contribution in [0.4, 0.5) is 11.4 Å². The van der Waals surface area contributed by atoms with Crippen molar-refractivity contribution in [3.63, 3.8) is 0 Å². The minimum atomic E-state index is -1.68. The van der Waals surface area contributed by atoms with Crippen LogP contribution in [0.3, 0.4) is 0 Å². The molecule has 0 aromatic heterocycles. The van der Waals surface area contributed by atoms with Gasteiger partial charge in [-0.25, -0.2) is 0 Å². The number of halogens is 2. The van der Waals surface area contributed by atoms with Gasteiger partial charge in [-0.3, -0.25) is 0 Å². The van der Waals surface area contributed by atoms with Gasteiger partial charge in [-0.1, -0.05) is 0 Å². The number of nitrogens with zero attached hydrogens (tertiary/aromatic N) is 2. The van der Waals surface area contributed by atoms with E-state index >= 15 is 0 Å². The maximum atomic E-state index is 6.54. The number of benzene rings is 2. The fourth-order valence-corrected chi connectivity index (χ4v) is 7.45. The third-order valence-electron chi connectivity index (χ3n) is 4.44. The van der Waals surface area contributed by atoms with Crippen molar-refractivity contribution in [1.29, 1.82) is 0 Å². The van der Waals surface area contributed by atoms with Gasteiger partial charge in [-0.2, -0.15) is 0 Å². The summed E-state index contributed by atoms with van der Waals surface area (Å²) >= 11 is 2.02. The Kier molecular flexibility index (Phi) is 14.0. The molecular formula is C26H40Cl2N2O2S2Zr. The van der Waals surface area contributed by atoms with Gasteiger partial charge in [0.25, 0.3) is 0 Å². The summed E-state index contributed by atoms with van der Waals surface area (Å²) in [4.78, 5) is 6.62. The van der Waals surface area contributed by atoms with E-state index in [2.05, 4.69) is 118 Å². The number of hydrogen-bond acceptors (Lipinski definition) is 6. The van der Waals surface area contributed by atoms with Gasteiger partial charge in [0.1, 0.15) is 0 Å². The number of rotatable bonds is 8. The van der Waals surface area contributed by atoms with E-state index in [-0.39, 0.29) is 34.3 Å². The van der Waals surface area contributed by atoms with Gasteiger partial charge in [0.05, 0.1) is 0 Å². The maximum Gasteiger partial charge on any atom is -1.00 e. The summed E-state index contributed by atoms with van der Waals surface area (Å²) in [5.74, 6) is 1.89. The molecule has 0 fully saturated rings. The maximum absolute atomic E-state index is 6.54. The average molecular weight is 639 g/mol. The predicted molar refractivity (Wildman–Crippen MR) is 143 cm³/mol. The second kappa shape index (κ2) is 14.1. The van der Waals surface area contributed by atoms with E-state index in [9.17, 15) is 0 Å². The molecule has 0 amide bonds. The molecule has 2 rings (SSSR count). The quantitative estimate of drug-likeness (QED) is 0.408. The van der Waals surface area contributed by atoms with Gasteiger partial charge in [-0.05, 0) is 0 Å². The van der Waals surface area contributed by atoms with Crippen molar-refractivity contribution in [3.8, 4) is 11.5 Å². The molecule has 0 aliphatic carbocycles. The first kappa shape index (κ1) is 34.8. The molecule has 0 N–H and O–H groups in total. The van der Waals surface area contributed by atoms with Gasteiger partial charge >= 0.3 is 224 Å². The number of anilines is 2. The van der Waals surface area contributed by atoms with E-state index in [4.69, 9.17) is 5.63 Å². The van der Waals surface area contributed by atoms with Crippen LogP contribution in [0.1, 0.15) is 52.7 Å². The fraction of sp³-hybridized carbons (Fsp3) is 0.538. The first-order chi connectivity index (χ1) is 15.1. The van der Waals surface area contributed by atoms with E-state index in [0.29, 0.717) is 0 Å². The topological polar surface area (TPSA) is 24.9 Å². The molecule has 0 bridgehead atoms. The Morgan fingerprint density at radius 3 is 1.20 bits per heavy atom. The normalized spacial score (nSPS) is 11.1. The molecule has 0 heterocycles. The zero-order valence-corrected chi connectivity index (χ0v) is 28.7. The van der Waals surface area contributed by atoms with E-state index in [1.165, 1.54) is 20.9 Å². The molecule has 196 valence electrons. The summed E-state index contributed by atoms with van der Waals surface area (Å²) < 4.78 is 13.3. The molecular weight excluding hydrogens is 599 g/mol. The Bertz CT molecular complexity index is 898. The zero-order chi connectivity index (χ0) is 25.1. The van der Waals surface area contributed by atoms with Crippen molar-refractivity contribution < 1.29 is 54.6 Å². The summed E-state index contributed by atoms with van der Waals surface area (Å²) in [6.45, 7) is 17.7. The Balaban J connectivity index is 0.00000578. The molecule has 4 nitrogen and oxygen atoms in total. The van der Waals surface area contributed by atoms with Gasteiger partial charge in [0.2, 0.25) is 0 Å². The summed E-state index contributed by atoms with van der Waals surface area (Å²) in [5.41, 5.74) is 4.68. The second-order valence-corrected chi connectivity index (χ2v) is 15.9. The number of thioether (sulfide) groups is 2. The SMILES string of the molecule is Cc1cc(SC(C)(C)C)c([O][Zr+2][O]c2c(SC(C)(C)C)cc(C)cc2N(C)C)c(N(C)C)c1.[Cl-].[Cl-]. The Morgan fingerprint density at radius 1 is 0.629 bits per heavy atom. The molecule has 0 unspecified atom stereocenters. The zero-order valence-electron chi connectivity index (χ0n) is 23.1. The van der Waals surface area contributed by atoms with E-state index < -0.39 is 24.1 Å². The van der Waals surface area contributed by atoms with Crippen LogP contribution in [-0.4, -0.2) is 37.7 Å². The van der Waals surface area contributed by atoms with E-state index in [1.807, 2.05) is 23.5 Å². The third kappa shape index (κ3) is 11.0. The van der Waals surface area contributed by atoms with Crippen molar-refractivity contribution in [3.05, 3.63) is 35.4 Å². The van der Waals surface area contributed by atoms with Crippen LogP contribution >= 0.6 is 23.5 Å². The minimum Gasteiger partial charge on any atom is -1.00 e. The Morgan fingerprint density at radius 2 is 0.943 bits per heavy atom. The van der Waals surface area contributed by atoms with Crippen molar-refractivity contribution >= 4 is 34.9 Å². The minimum absolute atomic E-state index is 0. The molecule has 2 aromatic carbocycles. The predicted octanol–water partition coefficient (Wildman–Crippen LogP) is 1.59. The first-order valence-corrected chi connectivity index (χ1v) is 14.8. The van der Waals surface area contributed by atoms with Crippen LogP contribution in [0.2, 0.25) is 0 Å². The van der Waals surface area contributed by atoms with Crippen LogP contribution in [-0.2, 0) is 24.1 Å². The van der Waals surface area contributed by atoms with Crippen molar-refractivity contribution in [2.45, 2.75) is 74.7 Å². The van der Waals surface area contributed by atoms with Crippen LogP contribution in [0.15, 0.2) is 34.1 Å². The average Bonchev–Trinajstić information content (AvgIpc) is 2.61. The van der Waals surface area contributed by atoms with Crippen molar-refractivity contribution in [1.82, 2.24) is 0 Å². The Labute approximate surface area is 247 Å². The van der Waals surface area contributed by atoms with Gasteiger partial charge in [-0.15, -0.1) is 0 Å². The second-order valence-electron chi connectivity index (χ2n) is 10.7. The molecule has 2 aromatic rings. The van der Waals surface area contributed by atoms with E-state index in [0.717, 1.165) is 22.9 Å².